The first-order valence-corrected chi connectivity index (χ1v) is 9.39. The molecule has 8 heteroatoms. The van der Waals surface area contributed by atoms with Crippen molar-refractivity contribution in [2.24, 2.45) is 0 Å². The first-order valence-electron chi connectivity index (χ1n) is 7.91. The van der Waals surface area contributed by atoms with E-state index in [-0.39, 0.29) is 17.0 Å². The Balaban J connectivity index is 1.74. The van der Waals surface area contributed by atoms with E-state index in [1.807, 2.05) is 37.3 Å². The van der Waals surface area contributed by atoms with Crippen molar-refractivity contribution < 1.29 is 13.2 Å². The van der Waals surface area contributed by atoms with Gasteiger partial charge in [0.2, 0.25) is 10.0 Å². The van der Waals surface area contributed by atoms with Crippen LogP contribution in [-0.4, -0.2) is 24.5 Å². The predicted molar refractivity (Wildman–Crippen MR) is 98.2 cm³/mol. The Labute approximate surface area is 151 Å². The van der Waals surface area contributed by atoms with Gasteiger partial charge in [-0.3, -0.25) is 9.89 Å². The van der Waals surface area contributed by atoms with Crippen molar-refractivity contribution in [3.05, 3.63) is 77.5 Å². The molecule has 0 spiro atoms. The van der Waals surface area contributed by atoms with E-state index in [1.54, 1.807) is 12.1 Å². The van der Waals surface area contributed by atoms with Crippen molar-refractivity contribution in [3.63, 3.8) is 0 Å². The van der Waals surface area contributed by atoms with Gasteiger partial charge >= 0.3 is 0 Å². The van der Waals surface area contributed by atoms with E-state index in [0.29, 0.717) is 5.82 Å². The fourth-order valence-corrected chi connectivity index (χ4v) is 3.40. The molecule has 0 bridgehead atoms. The van der Waals surface area contributed by atoms with Gasteiger partial charge in [0.1, 0.15) is 0 Å². The van der Waals surface area contributed by atoms with Crippen LogP contribution in [0.25, 0.3) is 0 Å². The molecular weight excluding hydrogens is 352 g/mol. The molecule has 0 radical (unpaired) electrons. The second kappa shape index (κ2) is 7.51. The minimum atomic E-state index is -3.74. The molecule has 3 N–H and O–H groups in total. The first kappa shape index (κ1) is 17.8. The van der Waals surface area contributed by atoms with E-state index in [9.17, 15) is 13.2 Å². The summed E-state index contributed by atoms with van der Waals surface area (Å²) in [6.07, 6.45) is 0. The van der Waals surface area contributed by atoms with E-state index in [4.69, 9.17) is 0 Å². The lowest BCUT2D eigenvalue weighted by Crippen LogP contribution is -2.23. The molecule has 1 aromatic heterocycles. The van der Waals surface area contributed by atoms with Crippen LogP contribution in [0.1, 0.15) is 21.6 Å². The molecule has 0 saturated heterocycles. The van der Waals surface area contributed by atoms with Gasteiger partial charge in [-0.1, -0.05) is 36.4 Å². The Bertz CT molecular complexity index is 1010. The van der Waals surface area contributed by atoms with Crippen LogP contribution in [0.5, 0.6) is 0 Å². The molecule has 0 aliphatic heterocycles. The Morgan fingerprint density at radius 3 is 2.54 bits per heavy atom. The van der Waals surface area contributed by atoms with E-state index in [1.165, 1.54) is 18.2 Å². The maximum Gasteiger partial charge on any atom is 0.256 e. The third-order valence-electron chi connectivity index (χ3n) is 3.66. The smallest absolute Gasteiger partial charge is 0.256 e. The topological polar surface area (TPSA) is 104 Å². The normalized spacial score (nSPS) is 11.3. The van der Waals surface area contributed by atoms with Crippen LogP contribution in [0.15, 0.2) is 65.6 Å². The number of aromatic nitrogens is 2. The number of rotatable bonds is 6. The number of anilines is 1. The van der Waals surface area contributed by atoms with E-state index >= 15 is 0 Å². The van der Waals surface area contributed by atoms with E-state index < -0.39 is 15.9 Å². The number of carbonyl (C=O) groups is 1. The standard InChI is InChI=1S/C18H18N4O3S/c1-13-10-17(22-21-13)20-18(23)15-8-5-9-16(11-15)26(24,25)19-12-14-6-3-2-4-7-14/h2-11,19H,12H2,1H3,(H2,20,21,22,23). The zero-order chi connectivity index (χ0) is 18.6. The second-order valence-electron chi connectivity index (χ2n) is 5.73. The summed E-state index contributed by atoms with van der Waals surface area (Å²) in [6, 6.07) is 16.7. The average Bonchev–Trinajstić information content (AvgIpc) is 3.06. The molecule has 3 rings (SSSR count). The summed E-state index contributed by atoms with van der Waals surface area (Å²) in [4.78, 5) is 12.3. The molecule has 0 atom stereocenters. The highest BCUT2D eigenvalue weighted by molar-refractivity contribution is 7.89. The van der Waals surface area contributed by atoms with Crippen molar-refractivity contribution in [1.82, 2.24) is 14.9 Å². The van der Waals surface area contributed by atoms with Crippen molar-refractivity contribution in [2.45, 2.75) is 18.4 Å². The lowest BCUT2D eigenvalue weighted by atomic mass is 10.2. The number of hydrogen-bond acceptors (Lipinski definition) is 4. The molecule has 2 aromatic carbocycles. The summed E-state index contributed by atoms with van der Waals surface area (Å²) in [5, 5.41) is 9.27. The maximum atomic E-state index is 12.5. The monoisotopic (exact) mass is 370 g/mol. The molecule has 0 aliphatic rings. The number of aromatic amines is 1. The Morgan fingerprint density at radius 2 is 1.85 bits per heavy atom. The van der Waals surface area contributed by atoms with Crippen molar-refractivity contribution in [2.75, 3.05) is 5.32 Å². The van der Waals surface area contributed by atoms with Gasteiger partial charge in [0.15, 0.2) is 5.82 Å². The number of H-pyrrole nitrogens is 1. The van der Waals surface area contributed by atoms with Gasteiger partial charge in [-0.2, -0.15) is 5.10 Å². The van der Waals surface area contributed by atoms with Crippen LogP contribution >= 0.6 is 0 Å². The van der Waals surface area contributed by atoms with Crippen molar-refractivity contribution in [1.29, 1.82) is 0 Å². The van der Waals surface area contributed by atoms with Gasteiger partial charge in [-0.05, 0) is 30.7 Å². The van der Waals surface area contributed by atoms with Crippen LogP contribution in [-0.2, 0) is 16.6 Å². The zero-order valence-electron chi connectivity index (χ0n) is 14.1. The van der Waals surface area contributed by atoms with Crippen molar-refractivity contribution >= 4 is 21.7 Å². The average molecular weight is 370 g/mol. The summed E-state index contributed by atoms with van der Waals surface area (Å²) in [6.45, 7) is 1.99. The highest BCUT2D eigenvalue weighted by Gasteiger charge is 2.16. The molecule has 0 fully saturated rings. The summed E-state index contributed by atoms with van der Waals surface area (Å²) < 4.78 is 27.5. The minimum Gasteiger partial charge on any atom is -0.305 e. The van der Waals surface area contributed by atoms with Crippen molar-refractivity contribution in [3.8, 4) is 0 Å². The Morgan fingerprint density at radius 1 is 1.08 bits per heavy atom. The lowest BCUT2D eigenvalue weighted by Gasteiger charge is -2.08. The van der Waals surface area contributed by atoms with E-state index in [0.717, 1.165) is 11.3 Å². The van der Waals surface area contributed by atoms with Gasteiger partial charge in [-0.25, -0.2) is 13.1 Å². The second-order valence-corrected chi connectivity index (χ2v) is 7.50. The number of benzene rings is 2. The largest absolute Gasteiger partial charge is 0.305 e. The molecule has 0 saturated carbocycles. The zero-order valence-corrected chi connectivity index (χ0v) is 14.9. The number of nitrogens with zero attached hydrogens (tertiary/aromatic N) is 1. The lowest BCUT2D eigenvalue weighted by molar-refractivity contribution is 0.102. The fourth-order valence-electron chi connectivity index (χ4n) is 2.33. The Hall–Kier alpha value is -2.97. The molecule has 7 nitrogen and oxygen atoms in total. The fraction of sp³-hybridized carbons (Fsp3) is 0.111. The number of hydrogen-bond donors (Lipinski definition) is 3. The minimum absolute atomic E-state index is 0.0271. The molecule has 134 valence electrons. The SMILES string of the molecule is Cc1cc(NC(=O)c2cccc(S(=O)(=O)NCc3ccccc3)c2)n[nH]1. The predicted octanol–water partition coefficient (Wildman–Crippen LogP) is 2.45. The van der Waals surface area contributed by atoms with Gasteiger partial charge in [-0.15, -0.1) is 0 Å². The summed E-state index contributed by atoms with van der Waals surface area (Å²) in [5.74, 6) is -0.0560. The highest BCUT2D eigenvalue weighted by atomic mass is 32.2. The molecule has 0 unspecified atom stereocenters. The number of sulfonamides is 1. The maximum absolute atomic E-state index is 12.5. The van der Waals surface area contributed by atoms with Gasteiger partial charge in [0, 0.05) is 23.9 Å². The molecule has 26 heavy (non-hydrogen) atoms. The third kappa shape index (κ3) is 4.35. The first-order chi connectivity index (χ1) is 12.4. The van der Waals surface area contributed by atoms with Crippen LogP contribution < -0.4 is 10.0 Å². The number of nitrogens with one attached hydrogen (secondary N) is 3. The van der Waals surface area contributed by atoms with Crippen LogP contribution in [0.2, 0.25) is 0 Å². The third-order valence-corrected chi connectivity index (χ3v) is 5.06. The molecule has 1 amide bonds. The quantitative estimate of drug-likeness (QED) is 0.620. The van der Waals surface area contributed by atoms with Crippen LogP contribution in [0.3, 0.4) is 0 Å². The number of aryl methyl sites for hydroxylation is 1. The summed E-state index contributed by atoms with van der Waals surface area (Å²) >= 11 is 0. The van der Waals surface area contributed by atoms with E-state index in [2.05, 4.69) is 20.2 Å². The molecule has 3 aromatic rings. The molecule has 1 heterocycles. The van der Waals surface area contributed by atoms with Gasteiger partial charge in [0.05, 0.1) is 4.90 Å². The van der Waals surface area contributed by atoms with Crippen LogP contribution in [0, 0.1) is 6.92 Å². The number of carbonyl (C=O) groups excluding carboxylic acids is 1. The highest BCUT2D eigenvalue weighted by Crippen LogP contribution is 2.14. The van der Waals surface area contributed by atoms with Crippen LogP contribution in [0.4, 0.5) is 5.82 Å². The molecular formula is C18H18N4O3S. The van der Waals surface area contributed by atoms with Gasteiger partial charge < -0.3 is 5.32 Å². The summed E-state index contributed by atoms with van der Waals surface area (Å²) in [7, 11) is -3.74. The van der Waals surface area contributed by atoms with Gasteiger partial charge in [0.25, 0.3) is 5.91 Å². The summed E-state index contributed by atoms with van der Waals surface area (Å²) in [5.41, 5.74) is 1.88. The molecule has 0 aliphatic carbocycles. The number of amides is 1. The Kier molecular flexibility index (Phi) is 5.15.